The molecule has 1 fully saturated rings. The van der Waals surface area contributed by atoms with E-state index in [0.29, 0.717) is 36.2 Å². The second kappa shape index (κ2) is 12.2. The molecule has 0 bridgehead atoms. The van der Waals surface area contributed by atoms with E-state index in [1.807, 2.05) is 0 Å². The number of nitrogens with one attached hydrogen (secondary N) is 3. The Bertz CT molecular complexity index is 947. The van der Waals surface area contributed by atoms with Crippen molar-refractivity contribution in [2.75, 3.05) is 13.1 Å². The zero-order chi connectivity index (χ0) is 24.5. The van der Waals surface area contributed by atoms with Crippen LogP contribution in [0.15, 0.2) is 18.2 Å². The molecule has 1 saturated heterocycles. The van der Waals surface area contributed by atoms with Crippen LogP contribution < -0.4 is 16.0 Å². The summed E-state index contributed by atoms with van der Waals surface area (Å²) in [7, 11) is 0. The second-order valence-electron chi connectivity index (χ2n) is 8.73. The Morgan fingerprint density at radius 3 is 2.26 bits per heavy atom. The molecule has 34 heavy (non-hydrogen) atoms. The maximum Gasteiger partial charge on any atom is 0.404 e. The number of piperidine rings is 1. The summed E-state index contributed by atoms with van der Waals surface area (Å²) in [6.07, 6.45) is 6.48. The van der Waals surface area contributed by atoms with Crippen LogP contribution in [0.25, 0.3) is 0 Å². The van der Waals surface area contributed by atoms with Gasteiger partial charge in [0.1, 0.15) is 6.04 Å². The number of amides is 5. The SMILES string of the molecule is O=C(O)NCCCCCCCCCNC(=O)c1ccc2c(c1)CN(C1CCC(=O)NC1=O)C2=O. The van der Waals surface area contributed by atoms with Crippen LogP contribution in [0.3, 0.4) is 0 Å². The van der Waals surface area contributed by atoms with Crippen LogP contribution in [0.2, 0.25) is 0 Å². The molecule has 4 N–H and O–H groups in total. The average molecular weight is 473 g/mol. The molecule has 1 aromatic rings. The molecule has 1 atom stereocenters. The average Bonchev–Trinajstić information content (AvgIpc) is 3.12. The van der Waals surface area contributed by atoms with Gasteiger partial charge in [-0.15, -0.1) is 0 Å². The van der Waals surface area contributed by atoms with Gasteiger partial charge in [-0.05, 0) is 43.0 Å². The predicted octanol–water partition coefficient (Wildman–Crippen LogP) is 2.18. The molecule has 0 aromatic heterocycles. The molecule has 2 aliphatic rings. The molecule has 5 amide bonds. The minimum absolute atomic E-state index is 0.194. The summed E-state index contributed by atoms with van der Waals surface area (Å²) in [5.41, 5.74) is 1.67. The van der Waals surface area contributed by atoms with Gasteiger partial charge in [0.25, 0.3) is 11.8 Å². The van der Waals surface area contributed by atoms with Crippen LogP contribution in [0.4, 0.5) is 4.79 Å². The molecule has 1 unspecified atom stereocenters. The topological polar surface area (TPSA) is 145 Å². The molecule has 0 spiro atoms. The number of imide groups is 1. The second-order valence-corrected chi connectivity index (χ2v) is 8.73. The van der Waals surface area contributed by atoms with E-state index in [4.69, 9.17) is 5.11 Å². The molecule has 10 nitrogen and oxygen atoms in total. The van der Waals surface area contributed by atoms with E-state index in [9.17, 15) is 24.0 Å². The summed E-state index contributed by atoms with van der Waals surface area (Å²) in [6.45, 7) is 1.31. The fourth-order valence-electron chi connectivity index (χ4n) is 4.35. The Morgan fingerprint density at radius 2 is 1.62 bits per heavy atom. The van der Waals surface area contributed by atoms with E-state index >= 15 is 0 Å². The summed E-state index contributed by atoms with van der Waals surface area (Å²) in [5, 5.41) is 16.0. The molecule has 3 rings (SSSR count). The minimum atomic E-state index is -0.982. The predicted molar refractivity (Wildman–Crippen MR) is 123 cm³/mol. The number of carboxylic acid groups (broad SMARTS) is 1. The summed E-state index contributed by atoms with van der Waals surface area (Å²) < 4.78 is 0. The van der Waals surface area contributed by atoms with Crippen LogP contribution in [-0.2, 0) is 16.1 Å². The van der Waals surface area contributed by atoms with Crippen molar-refractivity contribution in [3.8, 4) is 0 Å². The van der Waals surface area contributed by atoms with Crippen molar-refractivity contribution in [2.45, 2.75) is 70.4 Å². The Hall–Kier alpha value is -3.43. The molecule has 2 aliphatic heterocycles. The summed E-state index contributed by atoms with van der Waals surface area (Å²) in [6, 6.07) is 4.29. The first-order chi connectivity index (χ1) is 16.4. The number of rotatable bonds is 12. The lowest BCUT2D eigenvalue weighted by Gasteiger charge is -2.29. The first kappa shape index (κ1) is 25.2. The molecule has 0 aliphatic carbocycles. The first-order valence-electron chi connectivity index (χ1n) is 11.9. The summed E-state index contributed by atoms with van der Waals surface area (Å²) >= 11 is 0. The largest absolute Gasteiger partial charge is 0.465 e. The van der Waals surface area contributed by atoms with Gasteiger partial charge in [0.15, 0.2) is 0 Å². The Morgan fingerprint density at radius 1 is 0.971 bits per heavy atom. The van der Waals surface area contributed by atoms with Gasteiger partial charge in [0, 0.05) is 37.2 Å². The van der Waals surface area contributed by atoms with Gasteiger partial charge in [-0.2, -0.15) is 0 Å². The third-order valence-corrected chi connectivity index (χ3v) is 6.20. The van der Waals surface area contributed by atoms with Gasteiger partial charge in [-0.1, -0.05) is 32.1 Å². The standard InChI is InChI=1S/C24H32N4O6/c29-20-11-10-19(22(31)27-20)28-15-17-14-16(8-9-18(17)23(28)32)21(30)25-12-6-4-2-1-3-5-7-13-26-24(33)34/h8-9,14,19,26H,1-7,10-13,15H2,(H,25,30)(H,33,34)(H,27,29,31). The molecule has 0 saturated carbocycles. The fraction of sp³-hybridized carbons (Fsp3) is 0.542. The maximum atomic E-state index is 12.7. The number of fused-ring (bicyclic) bond motifs is 1. The van der Waals surface area contributed by atoms with Crippen LogP contribution in [0.5, 0.6) is 0 Å². The van der Waals surface area contributed by atoms with Gasteiger partial charge >= 0.3 is 6.09 Å². The van der Waals surface area contributed by atoms with Crippen molar-refractivity contribution < 1.29 is 29.1 Å². The van der Waals surface area contributed by atoms with Crippen molar-refractivity contribution in [3.05, 3.63) is 34.9 Å². The van der Waals surface area contributed by atoms with Gasteiger partial charge in [-0.25, -0.2) is 4.79 Å². The highest BCUT2D eigenvalue weighted by atomic mass is 16.4. The van der Waals surface area contributed by atoms with Crippen molar-refractivity contribution in [3.63, 3.8) is 0 Å². The van der Waals surface area contributed by atoms with E-state index < -0.39 is 18.0 Å². The highest BCUT2D eigenvalue weighted by Crippen LogP contribution is 2.28. The Labute approximate surface area is 198 Å². The van der Waals surface area contributed by atoms with Crippen LogP contribution in [-0.4, -0.2) is 58.9 Å². The number of benzene rings is 1. The van der Waals surface area contributed by atoms with E-state index in [2.05, 4.69) is 16.0 Å². The van der Waals surface area contributed by atoms with E-state index in [1.54, 1.807) is 18.2 Å². The molecule has 184 valence electrons. The monoisotopic (exact) mass is 472 g/mol. The zero-order valence-electron chi connectivity index (χ0n) is 19.2. The normalized spacial score (nSPS) is 17.4. The lowest BCUT2D eigenvalue weighted by molar-refractivity contribution is -0.136. The molecule has 0 radical (unpaired) electrons. The Kier molecular flexibility index (Phi) is 9.00. The lowest BCUT2D eigenvalue weighted by atomic mass is 10.0. The minimum Gasteiger partial charge on any atom is -0.465 e. The molecular formula is C24H32N4O6. The first-order valence-corrected chi connectivity index (χ1v) is 11.9. The number of unbranched alkanes of at least 4 members (excludes halogenated alkanes) is 6. The highest BCUT2D eigenvalue weighted by molar-refractivity contribution is 6.06. The highest BCUT2D eigenvalue weighted by Gasteiger charge is 2.39. The third-order valence-electron chi connectivity index (χ3n) is 6.20. The quantitative estimate of drug-likeness (QED) is 0.271. The zero-order valence-corrected chi connectivity index (χ0v) is 19.2. The van der Waals surface area contributed by atoms with Crippen LogP contribution in [0, 0.1) is 0 Å². The van der Waals surface area contributed by atoms with Gasteiger partial charge in [-0.3, -0.25) is 24.5 Å². The summed E-state index contributed by atoms with van der Waals surface area (Å²) in [5.74, 6) is -1.23. The van der Waals surface area contributed by atoms with Crippen molar-refractivity contribution in [2.24, 2.45) is 0 Å². The van der Waals surface area contributed by atoms with Gasteiger partial charge in [0.2, 0.25) is 11.8 Å². The molecule has 2 heterocycles. The maximum absolute atomic E-state index is 12.7. The van der Waals surface area contributed by atoms with E-state index in [1.165, 1.54) is 4.90 Å². The van der Waals surface area contributed by atoms with E-state index in [0.717, 1.165) is 44.9 Å². The van der Waals surface area contributed by atoms with Crippen molar-refractivity contribution >= 4 is 29.7 Å². The lowest BCUT2D eigenvalue weighted by Crippen LogP contribution is -2.52. The molecule has 10 heteroatoms. The fourth-order valence-corrected chi connectivity index (χ4v) is 4.35. The summed E-state index contributed by atoms with van der Waals surface area (Å²) in [4.78, 5) is 60.6. The molecule has 1 aromatic carbocycles. The molecular weight excluding hydrogens is 440 g/mol. The third kappa shape index (κ3) is 6.79. The van der Waals surface area contributed by atoms with Crippen molar-refractivity contribution in [1.29, 1.82) is 0 Å². The van der Waals surface area contributed by atoms with Gasteiger partial charge in [0.05, 0.1) is 0 Å². The number of nitrogens with zero attached hydrogens (tertiary/aromatic N) is 1. The van der Waals surface area contributed by atoms with Crippen LogP contribution in [0.1, 0.15) is 84.1 Å². The van der Waals surface area contributed by atoms with Gasteiger partial charge < -0.3 is 20.6 Å². The van der Waals surface area contributed by atoms with Crippen molar-refractivity contribution in [1.82, 2.24) is 20.9 Å². The van der Waals surface area contributed by atoms with E-state index in [-0.39, 0.29) is 30.7 Å². The Balaban J connectivity index is 1.36. The smallest absolute Gasteiger partial charge is 0.404 e. The number of hydrogen-bond donors (Lipinski definition) is 4. The number of carbonyl (C=O) groups excluding carboxylic acids is 4. The number of hydrogen-bond acceptors (Lipinski definition) is 5. The number of carbonyl (C=O) groups is 5. The van der Waals surface area contributed by atoms with Crippen LogP contribution >= 0.6 is 0 Å².